The first-order chi connectivity index (χ1) is 13.3. The molecule has 1 unspecified atom stereocenters. The zero-order valence-corrected chi connectivity index (χ0v) is 15.6. The summed E-state index contributed by atoms with van der Waals surface area (Å²) in [5.41, 5.74) is 3.38. The minimum Gasteiger partial charge on any atom is -0.396 e. The van der Waals surface area contributed by atoms with E-state index in [0.29, 0.717) is 6.54 Å². The number of aliphatic hydroxyl groups is 1. The number of pyridine rings is 1. The van der Waals surface area contributed by atoms with Crippen LogP contribution in [0.25, 0.3) is 10.9 Å². The lowest BCUT2D eigenvalue weighted by molar-refractivity contribution is 0.265. The third-order valence-corrected chi connectivity index (χ3v) is 4.63. The normalized spacial score (nSPS) is 12.7. The molecule has 2 aromatic carbocycles. The van der Waals surface area contributed by atoms with Crippen molar-refractivity contribution >= 4 is 16.9 Å². The average Bonchev–Trinajstić information content (AvgIpc) is 2.73. The summed E-state index contributed by atoms with van der Waals surface area (Å²) in [6.45, 7) is 1.47. The average molecular weight is 362 g/mol. The van der Waals surface area contributed by atoms with Crippen LogP contribution in [0.15, 0.2) is 71.9 Å². The van der Waals surface area contributed by atoms with Crippen molar-refractivity contribution in [3.63, 3.8) is 0 Å². The summed E-state index contributed by atoms with van der Waals surface area (Å²) in [5, 5.41) is 17.5. The van der Waals surface area contributed by atoms with Crippen molar-refractivity contribution in [3.05, 3.63) is 78.0 Å². The van der Waals surface area contributed by atoms with Gasteiger partial charge >= 0.3 is 0 Å². The standard InChI is InChI=1S/C22H26N4O/c1-23-22(26-15-20(16-27)17-7-3-2-4-8-17)25-14-12-19-10-5-9-18-11-6-13-24-21(18)19/h2-11,13,20,27H,12,14-16H2,1H3,(H2,23,25,26). The first-order valence-electron chi connectivity index (χ1n) is 9.24. The molecule has 1 heterocycles. The Morgan fingerprint density at radius 2 is 1.85 bits per heavy atom. The summed E-state index contributed by atoms with van der Waals surface area (Å²) >= 11 is 0. The SMILES string of the molecule is CN=C(NCCc1cccc2cccnc12)NCC(CO)c1ccccc1. The van der Waals surface area contributed by atoms with E-state index in [-0.39, 0.29) is 12.5 Å². The maximum absolute atomic E-state index is 9.68. The smallest absolute Gasteiger partial charge is 0.191 e. The second-order valence-corrected chi connectivity index (χ2v) is 6.41. The van der Waals surface area contributed by atoms with Gasteiger partial charge in [-0.1, -0.05) is 54.6 Å². The highest BCUT2D eigenvalue weighted by Crippen LogP contribution is 2.16. The predicted octanol–water partition coefficient (Wildman–Crippen LogP) is 2.72. The number of hydrogen-bond acceptors (Lipinski definition) is 3. The first-order valence-corrected chi connectivity index (χ1v) is 9.24. The number of aliphatic imine (C=N–C) groups is 1. The summed E-state index contributed by atoms with van der Waals surface area (Å²) in [7, 11) is 1.76. The van der Waals surface area contributed by atoms with E-state index >= 15 is 0 Å². The number of nitrogens with one attached hydrogen (secondary N) is 2. The summed E-state index contributed by atoms with van der Waals surface area (Å²) in [6, 6.07) is 20.3. The minimum atomic E-state index is 0.0343. The molecule has 140 valence electrons. The van der Waals surface area contributed by atoms with Crippen molar-refractivity contribution in [3.8, 4) is 0 Å². The van der Waals surface area contributed by atoms with Crippen LogP contribution >= 0.6 is 0 Å². The molecule has 3 aromatic rings. The minimum absolute atomic E-state index is 0.0343. The van der Waals surface area contributed by atoms with Crippen LogP contribution in [0.1, 0.15) is 17.0 Å². The van der Waals surface area contributed by atoms with Crippen molar-refractivity contribution in [1.82, 2.24) is 15.6 Å². The van der Waals surface area contributed by atoms with Gasteiger partial charge in [0, 0.05) is 37.6 Å². The molecule has 1 atom stereocenters. The number of fused-ring (bicyclic) bond motifs is 1. The van der Waals surface area contributed by atoms with E-state index in [2.05, 4.69) is 44.9 Å². The van der Waals surface area contributed by atoms with E-state index in [9.17, 15) is 5.11 Å². The molecule has 5 heteroatoms. The van der Waals surface area contributed by atoms with Crippen LogP contribution in [0.3, 0.4) is 0 Å². The molecule has 5 nitrogen and oxygen atoms in total. The summed E-state index contributed by atoms with van der Waals surface area (Å²) < 4.78 is 0. The lowest BCUT2D eigenvalue weighted by Gasteiger charge is -2.18. The Hall–Kier alpha value is -2.92. The number of aromatic nitrogens is 1. The van der Waals surface area contributed by atoms with E-state index in [1.807, 2.05) is 42.6 Å². The number of hydrogen-bond donors (Lipinski definition) is 3. The van der Waals surface area contributed by atoms with Crippen LogP contribution in [-0.2, 0) is 6.42 Å². The molecule has 0 aliphatic heterocycles. The molecule has 0 amide bonds. The molecule has 0 saturated heterocycles. The number of guanidine groups is 1. The first kappa shape index (κ1) is 18.9. The van der Waals surface area contributed by atoms with Crippen LogP contribution in [0.5, 0.6) is 0 Å². The molecule has 0 aliphatic rings. The van der Waals surface area contributed by atoms with E-state index in [1.165, 1.54) is 5.56 Å². The Labute approximate surface area is 160 Å². The quantitative estimate of drug-likeness (QED) is 0.446. The van der Waals surface area contributed by atoms with Crippen LogP contribution in [0.4, 0.5) is 0 Å². The molecular weight excluding hydrogens is 336 g/mol. The van der Waals surface area contributed by atoms with Gasteiger partial charge in [0.1, 0.15) is 0 Å². The van der Waals surface area contributed by atoms with Gasteiger partial charge in [0.25, 0.3) is 0 Å². The molecular formula is C22H26N4O. The van der Waals surface area contributed by atoms with E-state index in [1.54, 1.807) is 7.05 Å². The highest BCUT2D eigenvalue weighted by atomic mass is 16.3. The van der Waals surface area contributed by atoms with Crippen LogP contribution in [0, 0.1) is 0 Å². The van der Waals surface area contributed by atoms with Crippen LogP contribution in [0.2, 0.25) is 0 Å². The number of aliphatic hydroxyl groups excluding tert-OH is 1. The Bertz CT molecular complexity index is 874. The van der Waals surface area contributed by atoms with Crippen molar-refractivity contribution in [1.29, 1.82) is 0 Å². The van der Waals surface area contributed by atoms with Crippen LogP contribution in [-0.4, -0.2) is 42.8 Å². The molecule has 0 radical (unpaired) electrons. The molecule has 0 spiro atoms. The number of para-hydroxylation sites is 1. The second kappa shape index (κ2) is 9.69. The molecule has 0 saturated carbocycles. The molecule has 0 fully saturated rings. The molecule has 3 N–H and O–H groups in total. The van der Waals surface area contributed by atoms with E-state index in [4.69, 9.17) is 0 Å². The lowest BCUT2D eigenvalue weighted by atomic mass is 10.0. The summed E-state index contributed by atoms with van der Waals surface area (Å²) in [5.74, 6) is 0.768. The zero-order chi connectivity index (χ0) is 18.9. The van der Waals surface area contributed by atoms with Crippen molar-refractivity contribution in [2.75, 3.05) is 26.7 Å². The fourth-order valence-electron chi connectivity index (χ4n) is 3.14. The van der Waals surface area contributed by atoms with Gasteiger partial charge in [-0.05, 0) is 23.6 Å². The zero-order valence-electron chi connectivity index (χ0n) is 15.6. The Morgan fingerprint density at radius 1 is 1.04 bits per heavy atom. The van der Waals surface area contributed by atoms with Gasteiger partial charge in [0.05, 0.1) is 12.1 Å². The second-order valence-electron chi connectivity index (χ2n) is 6.41. The van der Waals surface area contributed by atoms with Gasteiger partial charge in [-0.3, -0.25) is 9.98 Å². The third kappa shape index (κ3) is 5.05. The Kier molecular flexibility index (Phi) is 6.77. The molecule has 27 heavy (non-hydrogen) atoms. The number of benzene rings is 2. The highest BCUT2D eigenvalue weighted by Gasteiger charge is 2.11. The fraction of sp³-hybridized carbons (Fsp3) is 0.273. The molecule has 0 aliphatic carbocycles. The van der Waals surface area contributed by atoms with Crippen molar-refractivity contribution in [2.24, 2.45) is 4.99 Å². The monoisotopic (exact) mass is 362 g/mol. The largest absolute Gasteiger partial charge is 0.396 e. The van der Waals surface area contributed by atoms with Gasteiger partial charge in [-0.15, -0.1) is 0 Å². The van der Waals surface area contributed by atoms with Crippen molar-refractivity contribution < 1.29 is 5.11 Å². The van der Waals surface area contributed by atoms with Gasteiger partial charge in [0.2, 0.25) is 0 Å². The molecule has 3 rings (SSSR count). The number of rotatable bonds is 7. The highest BCUT2D eigenvalue weighted by molar-refractivity contribution is 5.82. The van der Waals surface area contributed by atoms with Crippen LogP contribution < -0.4 is 10.6 Å². The third-order valence-electron chi connectivity index (χ3n) is 4.63. The molecule has 0 bridgehead atoms. The molecule has 1 aromatic heterocycles. The van der Waals surface area contributed by atoms with Crippen molar-refractivity contribution in [2.45, 2.75) is 12.3 Å². The number of nitrogens with zero attached hydrogens (tertiary/aromatic N) is 2. The fourth-order valence-corrected chi connectivity index (χ4v) is 3.14. The maximum Gasteiger partial charge on any atom is 0.191 e. The van der Waals surface area contributed by atoms with Gasteiger partial charge < -0.3 is 15.7 Å². The Balaban J connectivity index is 1.53. The van der Waals surface area contributed by atoms with E-state index < -0.39 is 0 Å². The van der Waals surface area contributed by atoms with Gasteiger partial charge in [-0.25, -0.2) is 0 Å². The summed E-state index contributed by atoms with van der Waals surface area (Å²) in [4.78, 5) is 8.78. The summed E-state index contributed by atoms with van der Waals surface area (Å²) in [6.07, 6.45) is 2.69. The van der Waals surface area contributed by atoms with Gasteiger partial charge in [0.15, 0.2) is 5.96 Å². The van der Waals surface area contributed by atoms with Gasteiger partial charge in [-0.2, -0.15) is 0 Å². The van der Waals surface area contributed by atoms with E-state index in [0.717, 1.165) is 35.4 Å². The topological polar surface area (TPSA) is 69.5 Å². The predicted molar refractivity (Wildman–Crippen MR) is 111 cm³/mol. The lowest BCUT2D eigenvalue weighted by Crippen LogP contribution is -2.40. The Morgan fingerprint density at radius 3 is 2.63 bits per heavy atom. The maximum atomic E-state index is 9.68.